The molecule has 3 heteroatoms. The van der Waals surface area contributed by atoms with Gasteiger partial charge in [-0.25, -0.2) is 15.0 Å². The highest BCUT2D eigenvalue weighted by atomic mass is 15.0. The molecule has 11 aromatic carbocycles. The second-order valence-corrected chi connectivity index (χ2v) is 16.7. The number of benzene rings is 11. The Morgan fingerprint density at radius 2 is 0.591 bits per heavy atom. The van der Waals surface area contributed by atoms with E-state index in [-0.39, 0.29) is 0 Å². The molecule has 3 nitrogen and oxygen atoms in total. The summed E-state index contributed by atoms with van der Waals surface area (Å²) >= 11 is 0. The summed E-state index contributed by atoms with van der Waals surface area (Å²) < 4.78 is 0. The number of aromatic nitrogens is 3. The summed E-state index contributed by atoms with van der Waals surface area (Å²) in [6.07, 6.45) is 0. The van der Waals surface area contributed by atoms with Crippen molar-refractivity contribution in [3.8, 4) is 89.8 Å². The lowest BCUT2D eigenvalue weighted by Gasteiger charge is -2.14. The molecule has 0 aliphatic rings. The maximum Gasteiger partial charge on any atom is 0.164 e. The standard InChI is InChI=1S/C63H41N3/c1-3-15-46(16-4-1)52-21-11-13-25-57(52)62-64-61(65-63(66-62)58-26-14-12-22-53(58)47-17-5-2-6-18-47)50-37-33-45(34-38-50)43-29-27-42(28-30-43)44-31-35-49(36-32-44)60-55-24-10-8-20-51(55)41-59-54-23-9-7-19-48(54)39-40-56(59)60/h1-41H. The molecule has 1 heterocycles. The second-order valence-electron chi connectivity index (χ2n) is 16.7. The van der Waals surface area contributed by atoms with E-state index in [4.69, 9.17) is 15.0 Å². The fourth-order valence-electron chi connectivity index (χ4n) is 9.47. The number of hydrogen-bond donors (Lipinski definition) is 0. The van der Waals surface area contributed by atoms with Crippen molar-refractivity contribution in [1.82, 2.24) is 15.0 Å². The van der Waals surface area contributed by atoms with Crippen molar-refractivity contribution in [3.05, 3.63) is 249 Å². The third-order valence-electron chi connectivity index (χ3n) is 12.8. The van der Waals surface area contributed by atoms with Gasteiger partial charge in [0.25, 0.3) is 0 Å². The summed E-state index contributed by atoms with van der Waals surface area (Å²) in [4.78, 5) is 15.6. The average molecular weight is 840 g/mol. The van der Waals surface area contributed by atoms with Gasteiger partial charge in [0.15, 0.2) is 17.5 Å². The van der Waals surface area contributed by atoms with E-state index >= 15 is 0 Å². The number of rotatable bonds is 8. The van der Waals surface area contributed by atoms with E-state index in [1.165, 1.54) is 54.6 Å². The molecule has 0 saturated heterocycles. The number of nitrogens with zero attached hydrogens (tertiary/aromatic N) is 3. The summed E-state index contributed by atoms with van der Waals surface area (Å²) in [5.41, 5.74) is 14.3. The lowest BCUT2D eigenvalue weighted by Crippen LogP contribution is -2.02. The van der Waals surface area contributed by atoms with Crippen LogP contribution in [-0.4, -0.2) is 15.0 Å². The molecule has 0 bridgehead atoms. The van der Waals surface area contributed by atoms with Crippen molar-refractivity contribution in [2.24, 2.45) is 0 Å². The molecule has 1 aromatic heterocycles. The van der Waals surface area contributed by atoms with Gasteiger partial charge in [-0.15, -0.1) is 0 Å². The molecule has 0 saturated carbocycles. The van der Waals surface area contributed by atoms with Gasteiger partial charge in [-0.3, -0.25) is 0 Å². The minimum absolute atomic E-state index is 0.621. The van der Waals surface area contributed by atoms with Gasteiger partial charge in [-0.2, -0.15) is 0 Å². The van der Waals surface area contributed by atoms with Gasteiger partial charge < -0.3 is 0 Å². The van der Waals surface area contributed by atoms with Crippen molar-refractivity contribution in [2.75, 3.05) is 0 Å². The normalized spacial score (nSPS) is 11.3. The molecule has 66 heavy (non-hydrogen) atoms. The molecule has 0 N–H and O–H groups in total. The maximum absolute atomic E-state index is 5.20. The monoisotopic (exact) mass is 839 g/mol. The highest BCUT2D eigenvalue weighted by Gasteiger charge is 2.18. The van der Waals surface area contributed by atoms with Crippen LogP contribution in [-0.2, 0) is 0 Å². The van der Waals surface area contributed by atoms with Gasteiger partial charge in [0, 0.05) is 16.7 Å². The predicted molar refractivity (Wildman–Crippen MR) is 276 cm³/mol. The molecule has 0 fully saturated rings. The van der Waals surface area contributed by atoms with E-state index < -0.39 is 0 Å². The Labute approximate surface area is 384 Å². The van der Waals surface area contributed by atoms with Gasteiger partial charge in [-0.1, -0.05) is 243 Å². The zero-order valence-corrected chi connectivity index (χ0v) is 36.0. The van der Waals surface area contributed by atoms with Crippen molar-refractivity contribution >= 4 is 32.3 Å². The molecular formula is C63H41N3. The van der Waals surface area contributed by atoms with Gasteiger partial charge in [0.05, 0.1) is 0 Å². The molecule has 0 radical (unpaired) electrons. The van der Waals surface area contributed by atoms with Crippen LogP contribution in [0.1, 0.15) is 0 Å². The van der Waals surface area contributed by atoms with Gasteiger partial charge in [0.2, 0.25) is 0 Å². The lowest BCUT2D eigenvalue weighted by molar-refractivity contribution is 1.07. The Morgan fingerprint density at radius 3 is 1.12 bits per heavy atom. The minimum atomic E-state index is 0.621. The van der Waals surface area contributed by atoms with Crippen LogP contribution in [0.25, 0.3) is 122 Å². The molecule has 0 amide bonds. The Bertz CT molecular complexity index is 3610. The fourth-order valence-corrected chi connectivity index (χ4v) is 9.47. The van der Waals surface area contributed by atoms with E-state index in [1.54, 1.807) is 0 Å². The average Bonchev–Trinajstić information content (AvgIpc) is 3.40. The number of fused-ring (bicyclic) bond motifs is 4. The summed E-state index contributed by atoms with van der Waals surface area (Å²) in [6.45, 7) is 0. The first kappa shape index (κ1) is 38.9. The molecule has 12 aromatic rings. The summed E-state index contributed by atoms with van der Waals surface area (Å²) in [6, 6.07) is 88.3. The molecule has 12 rings (SSSR count). The fraction of sp³-hybridized carbons (Fsp3) is 0. The highest BCUT2D eigenvalue weighted by Crippen LogP contribution is 2.41. The molecule has 0 unspecified atom stereocenters. The Kier molecular flexibility index (Phi) is 9.85. The summed E-state index contributed by atoms with van der Waals surface area (Å²) in [7, 11) is 0. The first-order valence-corrected chi connectivity index (χ1v) is 22.4. The maximum atomic E-state index is 5.20. The third-order valence-corrected chi connectivity index (χ3v) is 12.8. The van der Waals surface area contributed by atoms with E-state index in [0.29, 0.717) is 17.5 Å². The zero-order valence-electron chi connectivity index (χ0n) is 36.0. The first-order chi connectivity index (χ1) is 32.7. The highest BCUT2D eigenvalue weighted by molar-refractivity contribution is 6.20. The van der Waals surface area contributed by atoms with Crippen LogP contribution >= 0.6 is 0 Å². The van der Waals surface area contributed by atoms with Gasteiger partial charge in [-0.05, 0) is 94.0 Å². The van der Waals surface area contributed by atoms with Crippen molar-refractivity contribution in [2.45, 2.75) is 0 Å². The summed E-state index contributed by atoms with van der Waals surface area (Å²) in [5, 5.41) is 7.61. The topological polar surface area (TPSA) is 38.7 Å². The minimum Gasteiger partial charge on any atom is -0.208 e. The molecule has 0 aliphatic carbocycles. The van der Waals surface area contributed by atoms with Crippen molar-refractivity contribution in [1.29, 1.82) is 0 Å². The van der Waals surface area contributed by atoms with E-state index in [1.807, 2.05) is 24.3 Å². The second kappa shape index (κ2) is 16.7. The molecule has 308 valence electrons. The van der Waals surface area contributed by atoms with E-state index in [0.717, 1.165) is 50.1 Å². The number of hydrogen-bond acceptors (Lipinski definition) is 3. The van der Waals surface area contributed by atoms with Gasteiger partial charge >= 0.3 is 0 Å². The van der Waals surface area contributed by atoms with Crippen LogP contribution in [0.15, 0.2) is 249 Å². The molecule has 0 atom stereocenters. The zero-order chi connectivity index (χ0) is 43.8. The van der Waals surface area contributed by atoms with Crippen LogP contribution in [0.3, 0.4) is 0 Å². The van der Waals surface area contributed by atoms with E-state index in [9.17, 15) is 0 Å². The van der Waals surface area contributed by atoms with Crippen LogP contribution in [0.5, 0.6) is 0 Å². The Hall–Kier alpha value is -8.79. The van der Waals surface area contributed by atoms with E-state index in [2.05, 4.69) is 224 Å². The lowest BCUT2D eigenvalue weighted by atomic mass is 9.89. The molecule has 0 spiro atoms. The van der Waals surface area contributed by atoms with Crippen molar-refractivity contribution < 1.29 is 0 Å². The molecular weight excluding hydrogens is 799 g/mol. The van der Waals surface area contributed by atoms with Crippen LogP contribution in [0, 0.1) is 0 Å². The van der Waals surface area contributed by atoms with Crippen LogP contribution in [0.2, 0.25) is 0 Å². The Morgan fingerprint density at radius 1 is 0.197 bits per heavy atom. The SMILES string of the molecule is c1ccc(-c2ccccc2-c2nc(-c3ccc(-c4ccc(-c5ccc(-c6c7ccccc7cc7c6ccc6ccccc67)cc5)cc4)cc3)nc(-c3ccccc3-c3ccccc3)n2)cc1. The summed E-state index contributed by atoms with van der Waals surface area (Å²) in [5.74, 6) is 1.88. The predicted octanol–water partition coefficient (Wildman–Crippen LogP) is 16.7. The van der Waals surface area contributed by atoms with Crippen molar-refractivity contribution in [3.63, 3.8) is 0 Å². The molecule has 0 aliphatic heterocycles. The van der Waals surface area contributed by atoms with Crippen LogP contribution in [0.4, 0.5) is 0 Å². The third kappa shape index (κ3) is 7.19. The quantitative estimate of drug-likeness (QED) is 0.113. The van der Waals surface area contributed by atoms with Crippen LogP contribution < -0.4 is 0 Å². The smallest absolute Gasteiger partial charge is 0.164 e. The first-order valence-electron chi connectivity index (χ1n) is 22.4. The largest absolute Gasteiger partial charge is 0.208 e. The Balaban J connectivity index is 0.873. The van der Waals surface area contributed by atoms with Gasteiger partial charge in [0.1, 0.15) is 0 Å².